The zero-order valence-corrected chi connectivity index (χ0v) is 12.4. The quantitative estimate of drug-likeness (QED) is 0.825. The maximum absolute atomic E-state index is 12.3. The van der Waals surface area contributed by atoms with Crippen LogP contribution in [-0.4, -0.2) is 5.91 Å². The minimum Gasteiger partial charge on any atom is -0.398 e. The zero-order chi connectivity index (χ0) is 14.0. The minimum absolute atomic E-state index is 0.149. The Labute approximate surface area is 121 Å². The average Bonchev–Trinajstić information content (AvgIpc) is 2.38. The van der Waals surface area contributed by atoms with Crippen LogP contribution in [0.1, 0.15) is 21.5 Å². The van der Waals surface area contributed by atoms with E-state index in [9.17, 15) is 4.79 Å². The van der Waals surface area contributed by atoms with Crippen LogP contribution in [0.3, 0.4) is 0 Å². The number of rotatable bonds is 2. The smallest absolute Gasteiger partial charge is 0.256 e. The van der Waals surface area contributed by atoms with E-state index in [1.54, 1.807) is 6.07 Å². The standard InChI is InChI=1S/C15H15BrN2O/c1-9-5-3-6-11(14(9)16)15(19)18-13-8-4-7-12(17)10(13)2/h3-8H,17H2,1-2H3,(H,18,19). The molecule has 0 unspecified atom stereocenters. The van der Waals surface area contributed by atoms with Crippen molar-refractivity contribution in [3.05, 3.63) is 57.6 Å². The van der Waals surface area contributed by atoms with Gasteiger partial charge < -0.3 is 11.1 Å². The van der Waals surface area contributed by atoms with Crippen LogP contribution in [0.25, 0.3) is 0 Å². The van der Waals surface area contributed by atoms with Gasteiger partial charge in [-0.3, -0.25) is 4.79 Å². The maximum atomic E-state index is 12.3. The van der Waals surface area contributed by atoms with Gasteiger partial charge >= 0.3 is 0 Å². The molecule has 3 N–H and O–H groups in total. The molecular weight excluding hydrogens is 304 g/mol. The Hall–Kier alpha value is -1.81. The normalized spacial score (nSPS) is 10.3. The maximum Gasteiger partial charge on any atom is 0.256 e. The second-order valence-corrected chi connectivity index (χ2v) is 5.20. The van der Waals surface area contributed by atoms with E-state index in [1.165, 1.54) is 0 Å². The van der Waals surface area contributed by atoms with E-state index in [0.29, 0.717) is 11.3 Å². The summed E-state index contributed by atoms with van der Waals surface area (Å²) in [5.74, 6) is -0.149. The van der Waals surface area contributed by atoms with Crippen molar-refractivity contribution in [2.24, 2.45) is 0 Å². The molecule has 19 heavy (non-hydrogen) atoms. The molecule has 0 saturated heterocycles. The minimum atomic E-state index is -0.149. The van der Waals surface area contributed by atoms with Crippen LogP contribution in [0, 0.1) is 13.8 Å². The van der Waals surface area contributed by atoms with Crippen LogP contribution < -0.4 is 11.1 Å². The predicted molar refractivity (Wildman–Crippen MR) is 82.4 cm³/mol. The number of amides is 1. The highest BCUT2D eigenvalue weighted by molar-refractivity contribution is 9.10. The molecule has 0 aliphatic carbocycles. The molecule has 0 heterocycles. The van der Waals surface area contributed by atoms with Crippen molar-refractivity contribution in [1.82, 2.24) is 0 Å². The third kappa shape index (κ3) is 2.79. The first-order valence-electron chi connectivity index (χ1n) is 5.92. The van der Waals surface area contributed by atoms with Crippen LogP contribution in [0.15, 0.2) is 40.9 Å². The fourth-order valence-electron chi connectivity index (χ4n) is 1.80. The lowest BCUT2D eigenvalue weighted by molar-refractivity contribution is 0.102. The van der Waals surface area contributed by atoms with E-state index in [2.05, 4.69) is 21.2 Å². The third-order valence-electron chi connectivity index (χ3n) is 3.06. The molecule has 2 aromatic carbocycles. The summed E-state index contributed by atoms with van der Waals surface area (Å²) in [7, 11) is 0. The van der Waals surface area contributed by atoms with E-state index in [-0.39, 0.29) is 5.91 Å². The topological polar surface area (TPSA) is 55.1 Å². The number of nitrogens with two attached hydrogens (primary N) is 1. The van der Waals surface area contributed by atoms with Gasteiger partial charge in [-0.2, -0.15) is 0 Å². The number of hydrogen-bond donors (Lipinski definition) is 2. The Bertz CT molecular complexity index is 638. The number of nitrogens with one attached hydrogen (secondary N) is 1. The molecule has 3 nitrogen and oxygen atoms in total. The van der Waals surface area contributed by atoms with Crippen molar-refractivity contribution in [2.45, 2.75) is 13.8 Å². The second kappa shape index (κ2) is 5.45. The number of anilines is 2. The third-order valence-corrected chi connectivity index (χ3v) is 4.11. The molecule has 0 spiro atoms. The summed E-state index contributed by atoms with van der Waals surface area (Å²) in [5, 5.41) is 2.89. The molecule has 0 aliphatic rings. The van der Waals surface area contributed by atoms with Crippen molar-refractivity contribution in [2.75, 3.05) is 11.1 Å². The zero-order valence-electron chi connectivity index (χ0n) is 10.8. The monoisotopic (exact) mass is 318 g/mol. The Morgan fingerprint density at radius 2 is 1.84 bits per heavy atom. The Balaban J connectivity index is 2.31. The van der Waals surface area contributed by atoms with Gasteiger partial charge in [0.1, 0.15) is 0 Å². The number of carbonyl (C=O) groups is 1. The number of nitrogen functional groups attached to an aromatic ring is 1. The number of halogens is 1. The lowest BCUT2D eigenvalue weighted by Crippen LogP contribution is -2.14. The van der Waals surface area contributed by atoms with Gasteiger partial charge in [-0.05, 0) is 59.1 Å². The van der Waals surface area contributed by atoms with Crippen molar-refractivity contribution >= 4 is 33.2 Å². The summed E-state index contributed by atoms with van der Waals surface area (Å²) in [4.78, 5) is 12.3. The SMILES string of the molecule is Cc1cccc(C(=O)Nc2cccc(N)c2C)c1Br. The van der Waals surface area contributed by atoms with Gasteiger partial charge in [0.15, 0.2) is 0 Å². The lowest BCUT2D eigenvalue weighted by atomic mass is 10.1. The van der Waals surface area contributed by atoms with Gasteiger partial charge in [-0.15, -0.1) is 0 Å². The fourth-order valence-corrected chi connectivity index (χ4v) is 2.25. The van der Waals surface area contributed by atoms with E-state index < -0.39 is 0 Å². The van der Waals surface area contributed by atoms with Gasteiger partial charge in [0, 0.05) is 15.8 Å². The number of aryl methyl sites for hydroxylation is 1. The molecule has 0 bridgehead atoms. The molecule has 98 valence electrons. The molecule has 0 aromatic heterocycles. The largest absolute Gasteiger partial charge is 0.398 e. The van der Waals surface area contributed by atoms with Crippen LogP contribution >= 0.6 is 15.9 Å². The van der Waals surface area contributed by atoms with Gasteiger partial charge in [-0.25, -0.2) is 0 Å². The predicted octanol–water partition coefficient (Wildman–Crippen LogP) is 3.90. The molecule has 0 atom stereocenters. The molecule has 1 amide bonds. The summed E-state index contributed by atoms with van der Waals surface area (Å²) in [6.07, 6.45) is 0. The van der Waals surface area contributed by atoms with E-state index >= 15 is 0 Å². The fraction of sp³-hybridized carbons (Fsp3) is 0.133. The Morgan fingerprint density at radius 3 is 2.58 bits per heavy atom. The molecule has 0 saturated carbocycles. The molecule has 2 rings (SSSR count). The molecule has 0 radical (unpaired) electrons. The molecule has 0 aliphatic heterocycles. The van der Waals surface area contributed by atoms with Crippen molar-refractivity contribution in [3.63, 3.8) is 0 Å². The van der Waals surface area contributed by atoms with Gasteiger partial charge in [-0.1, -0.05) is 18.2 Å². The highest BCUT2D eigenvalue weighted by Crippen LogP contribution is 2.24. The summed E-state index contributed by atoms with van der Waals surface area (Å²) < 4.78 is 0.814. The highest BCUT2D eigenvalue weighted by Gasteiger charge is 2.12. The van der Waals surface area contributed by atoms with Gasteiger partial charge in [0.2, 0.25) is 0 Å². The molecule has 0 fully saturated rings. The van der Waals surface area contributed by atoms with Crippen molar-refractivity contribution in [1.29, 1.82) is 0 Å². The van der Waals surface area contributed by atoms with Crippen LogP contribution in [0.5, 0.6) is 0 Å². The number of benzene rings is 2. The Kier molecular flexibility index (Phi) is 3.90. The Morgan fingerprint density at radius 1 is 1.16 bits per heavy atom. The van der Waals surface area contributed by atoms with Gasteiger partial charge in [0.05, 0.1) is 5.56 Å². The van der Waals surface area contributed by atoms with E-state index in [0.717, 1.165) is 21.3 Å². The lowest BCUT2D eigenvalue weighted by Gasteiger charge is -2.11. The average molecular weight is 319 g/mol. The van der Waals surface area contributed by atoms with Crippen LogP contribution in [0.4, 0.5) is 11.4 Å². The number of carbonyl (C=O) groups excluding carboxylic acids is 1. The summed E-state index contributed by atoms with van der Waals surface area (Å²) in [5.41, 5.74) is 9.74. The van der Waals surface area contributed by atoms with Crippen LogP contribution in [0.2, 0.25) is 0 Å². The molecule has 2 aromatic rings. The van der Waals surface area contributed by atoms with Crippen molar-refractivity contribution in [3.8, 4) is 0 Å². The summed E-state index contributed by atoms with van der Waals surface area (Å²) in [6, 6.07) is 11.1. The first-order chi connectivity index (χ1) is 9.00. The van der Waals surface area contributed by atoms with Gasteiger partial charge in [0.25, 0.3) is 5.91 Å². The summed E-state index contributed by atoms with van der Waals surface area (Å²) >= 11 is 3.44. The molecule has 4 heteroatoms. The highest BCUT2D eigenvalue weighted by atomic mass is 79.9. The summed E-state index contributed by atoms with van der Waals surface area (Å²) in [6.45, 7) is 3.84. The number of hydrogen-bond acceptors (Lipinski definition) is 2. The van der Waals surface area contributed by atoms with E-state index in [4.69, 9.17) is 5.73 Å². The van der Waals surface area contributed by atoms with Crippen LogP contribution in [-0.2, 0) is 0 Å². The first-order valence-corrected chi connectivity index (χ1v) is 6.71. The van der Waals surface area contributed by atoms with E-state index in [1.807, 2.05) is 44.2 Å². The first kappa shape index (κ1) is 13.6. The second-order valence-electron chi connectivity index (χ2n) is 4.41. The molecular formula is C15H15BrN2O. The van der Waals surface area contributed by atoms with Crippen molar-refractivity contribution < 1.29 is 4.79 Å².